The molecule has 6 heteroatoms. The number of nitrogens with one attached hydrogen (secondary N) is 1. The minimum atomic E-state index is -0.301. The molecule has 0 atom stereocenters. The van der Waals surface area contributed by atoms with Crippen LogP contribution in [0.25, 0.3) is 0 Å². The first-order chi connectivity index (χ1) is 7.58. The van der Waals surface area contributed by atoms with Gasteiger partial charge in [-0.1, -0.05) is 25.6 Å². The maximum atomic E-state index is 11.2. The van der Waals surface area contributed by atoms with Crippen LogP contribution in [0.1, 0.15) is 13.8 Å². The van der Waals surface area contributed by atoms with E-state index in [0.29, 0.717) is 17.7 Å². The molecule has 0 aliphatic heterocycles. The Morgan fingerprint density at radius 1 is 1.62 bits per heavy atom. The van der Waals surface area contributed by atoms with E-state index in [1.54, 1.807) is 0 Å². The van der Waals surface area contributed by atoms with Crippen molar-refractivity contribution in [3.05, 3.63) is 22.6 Å². The summed E-state index contributed by atoms with van der Waals surface area (Å²) in [6.45, 7) is 4.35. The maximum Gasteiger partial charge on any atom is 0.316 e. The average molecular weight is 242 g/mol. The number of H-pyrrole nitrogens is 1. The summed E-state index contributed by atoms with van der Waals surface area (Å²) >= 11 is 1.15. The zero-order valence-electron chi connectivity index (χ0n) is 9.23. The van der Waals surface area contributed by atoms with Gasteiger partial charge < -0.3 is 9.72 Å². The Bertz CT molecular complexity index is 403. The topological polar surface area (TPSA) is 72.0 Å². The van der Waals surface area contributed by atoms with Crippen LogP contribution in [0, 0.1) is 5.92 Å². The van der Waals surface area contributed by atoms with Crippen LogP contribution in [-0.2, 0) is 9.53 Å². The molecule has 1 rings (SSSR count). The fourth-order valence-corrected chi connectivity index (χ4v) is 1.50. The summed E-state index contributed by atoms with van der Waals surface area (Å²) in [5.74, 6) is 0.174. The molecule has 0 fully saturated rings. The maximum absolute atomic E-state index is 11.2. The predicted octanol–water partition coefficient (Wildman–Crippen LogP) is 1.06. The molecule has 0 aromatic carbocycles. The molecule has 0 bridgehead atoms. The molecular formula is C10H14N2O3S. The highest BCUT2D eigenvalue weighted by Gasteiger charge is 2.06. The quantitative estimate of drug-likeness (QED) is 0.475. The lowest BCUT2D eigenvalue weighted by Crippen LogP contribution is -2.13. The Morgan fingerprint density at radius 3 is 3.00 bits per heavy atom. The van der Waals surface area contributed by atoms with E-state index in [0.717, 1.165) is 11.8 Å². The monoisotopic (exact) mass is 242 g/mol. The highest BCUT2D eigenvalue weighted by molar-refractivity contribution is 7.99. The van der Waals surface area contributed by atoms with Gasteiger partial charge in [-0.05, 0) is 5.92 Å². The molecule has 88 valence electrons. The lowest BCUT2D eigenvalue weighted by atomic mass is 10.2. The van der Waals surface area contributed by atoms with E-state index in [4.69, 9.17) is 4.74 Å². The SMILES string of the molecule is CC(C)COC(=O)CSc1nccc(=O)[nH]1. The zero-order chi connectivity index (χ0) is 12.0. The lowest BCUT2D eigenvalue weighted by molar-refractivity contribution is -0.141. The molecule has 1 heterocycles. The van der Waals surface area contributed by atoms with Crippen LogP contribution >= 0.6 is 11.8 Å². The van der Waals surface area contributed by atoms with Crippen LogP contribution in [-0.4, -0.2) is 28.3 Å². The molecule has 0 saturated carbocycles. The van der Waals surface area contributed by atoms with Crippen molar-refractivity contribution in [3.63, 3.8) is 0 Å². The highest BCUT2D eigenvalue weighted by Crippen LogP contribution is 2.10. The molecule has 0 radical (unpaired) electrons. The minimum absolute atomic E-state index is 0.152. The van der Waals surface area contributed by atoms with Crippen LogP contribution in [0.4, 0.5) is 0 Å². The van der Waals surface area contributed by atoms with Crippen LogP contribution in [0.3, 0.4) is 0 Å². The molecule has 1 N–H and O–H groups in total. The summed E-state index contributed by atoms with van der Waals surface area (Å²) in [6, 6.07) is 1.32. The van der Waals surface area contributed by atoms with E-state index in [2.05, 4.69) is 9.97 Å². The number of nitrogens with zero attached hydrogens (tertiary/aromatic N) is 1. The third kappa shape index (κ3) is 4.97. The predicted molar refractivity (Wildman–Crippen MR) is 61.4 cm³/mol. The summed E-state index contributed by atoms with van der Waals surface area (Å²) in [7, 11) is 0. The summed E-state index contributed by atoms with van der Waals surface area (Å²) in [5.41, 5.74) is -0.229. The van der Waals surface area contributed by atoms with Crippen molar-refractivity contribution >= 4 is 17.7 Å². The number of hydrogen-bond acceptors (Lipinski definition) is 5. The lowest BCUT2D eigenvalue weighted by Gasteiger charge is -2.06. The smallest absolute Gasteiger partial charge is 0.316 e. The van der Waals surface area contributed by atoms with Crippen molar-refractivity contribution in [3.8, 4) is 0 Å². The van der Waals surface area contributed by atoms with E-state index in [9.17, 15) is 9.59 Å². The van der Waals surface area contributed by atoms with E-state index in [1.807, 2.05) is 13.8 Å². The number of thioether (sulfide) groups is 1. The molecule has 0 unspecified atom stereocenters. The standard InChI is InChI=1S/C10H14N2O3S/c1-7(2)5-15-9(14)6-16-10-11-4-3-8(13)12-10/h3-4,7H,5-6H2,1-2H3,(H,11,12,13). The van der Waals surface area contributed by atoms with Crippen LogP contribution < -0.4 is 5.56 Å². The molecule has 1 aromatic heterocycles. The Hall–Kier alpha value is -1.30. The summed E-state index contributed by atoms with van der Waals surface area (Å²) in [6.07, 6.45) is 1.40. The highest BCUT2D eigenvalue weighted by atomic mass is 32.2. The summed E-state index contributed by atoms with van der Waals surface area (Å²) in [4.78, 5) is 28.6. The van der Waals surface area contributed by atoms with Gasteiger partial charge in [0.15, 0.2) is 5.16 Å². The molecule has 1 aromatic rings. The van der Waals surface area contributed by atoms with E-state index < -0.39 is 0 Å². The summed E-state index contributed by atoms with van der Waals surface area (Å²) < 4.78 is 4.98. The number of aromatic nitrogens is 2. The minimum Gasteiger partial charge on any atom is -0.465 e. The largest absolute Gasteiger partial charge is 0.465 e. The van der Waals surface area contributed by atoms with Crippen molar-refractivity contribution < 1.29 is 9.53 Å². The van der Waals surface area contributed by atoms with Gasteiger partial charge in [0.25, 0.3) is 5.56 Å². The molecule has 16 heavy (non-hydrogen) atoms. The molecule has 0 aliphatic rings. The summed E-state index contributed by atoms with van der Waals surface area (Å²) in [5, 5.41) is 0.425. The number of carbonyl (C=O) groups excluding carboxylic acids is 1. The fraction of sp³-hybridized carbons (Fsp3) is 0.500. The Balaban J connectivity index is 2.34. The van der Waals surface area contributed by atoms with Gasteiger partial charge in [0.1, 0.15) is 0 Å². The van der Waals surface area contributed by atoms with Crippen molar-refractivity contribution in [1.82, 2.24) is 9.97 Å². The second-order valence-corrected chi connectivity index (χ2v) is 4.57. The van der Waals surface area contributed by atoms with Gasteiger partial charge >= 0.3 is 5.97 Å². The molecule has 5 nitrogen and oxygen atoms in total. The fourth-order valence-electron chi connectivity index (χ4n) is 0.854. The third-order valence-electron chi connectivity index (χ3n) is 1.55. The van der Waals surface area contributed by atoms with Crippen LogP contribution in [0.5, 0.6) is 0 Å². The zero-order valence-corrected chi connectivity index (χ0v) is 10.0. The van der Waals surface area contributed by atoms with Gasteiger partial charge in [0, 0.05) is 12.3 Å². The van der Waals surface area contributed by atoms with Gasteiger partial charge in [0.2, 0.25) is 0 Å². The first-order valence-electron chi connectivity index (χ1n) is 4.91. The Morgan fingerprint density at radius 2 is 2.38 bits per heavy atom. The van der Waals surface area contributed by atoms with Gasteiger partial charge in [0.05, 0.1) is 12.4 Å². The first kappa shape index (κ1) is 12.8. The molecule has 0 aliphatic carbocycles. The van der Waals surface area contributed by atoms with Crippen LogP contribution in [0.15, 0.2) is 22.2 Å². The van der Waals surface area contributed by atoms with E-state index in [-0.39, 0.29) is 17.3 Å². The first-order valence-corrected chi connectivity index (χ1v) is 5.90. The molecule has 0 spiro atoms. The van der Waals surface area contributed by atoms with Crippen molar-refractivity contribution in [2.24, 2.45) is 5.92 Å². The average Bonchev–Trinajstić information content (AvgIpc) is 2.23. The van der Waals surface area contributed by atoms with Gasteiger partial charge in [-0.15, -0.1) is 0 Å². The number of aromatic amines is 1. The van der Waals surface area contributed by atoms with Crippen molar-refractivity contribution in [2.75, 3.05) is 12.4 Å². The normalized spacial score (nSPS) is 10.4. The Labute approximate surface area is 97.6 Å². The Kier molecular flexibility index (Phi) is 5.04. The van der Waals surface area contributed by atoms with E-state index in [1.165, 1.54) is 12.3 Å². The molecule has 0 saturated heterocycles. The van der Waals surface area contributed by atoms with Gasteiger partial charge in [-0.3, -0.25) is 9.59 Å². The van der Waals surface area contributed by atoms with E-state index >= 15 is 0 Å². The number of hydrogen-bond donors (Lipinski definition) is 1. The van der Waals surface area contributed by atoms with Crippen molar-refractivity contribution in [1.29, 1.82) is 0 Å². The third-order valence-corrected chi connectivity index (χ3v) is 2.41. The van der Waals surface area contributed by atoms with Gasteiger partial charge in [-0.25, -0.2) is 4.98 Å². The number of rotatable bonds is 5. The second-order valence-electron chi connectivity index (χ2n) is 3.60. The molecular weight excluding hydrogens is 228 g/mol. The number of esters is 1. The van der Waals surface area contributed by atoms with Crippen LogP contribution in [0.2, 0.25) is 0 Å². The van der Waals surface area contributed by atoms with Gasteiger partial charge in [-0.2, -0.15) is 0 Å². The second kappa shape index (κ2) is 6.32. The number of carbonyl (C=O) groups is 1. The molecule has 0 amide bonds. The number of ether oxygens (including phenoxy) is 1. The van der Waals surface area contributed by atoms with Crippen molar-refractivity contribution in [2.45, 2.75) is 19.0 Å².